The lowest BCUT2D eigenvalue weighted by molar-refractivity contribution is -0.148. The third-order valence-electron chi connectivity index (χ3n) is 3.25. The van der Waals surface area contributed by atoms with Crippen LogP contribution >= 0.6 is 0 Å². The van der Waals surface area contributed by atoms with E-state index in [1.165, 1.54) is 0 Å². The number of nitrogens with two attached hydrogens (primary N) is 1. The standard InChI is InChI=1S/C13H22N4O4/c14-5-2-8-17(10-18)13(21)12(20)15-6-3-9-16-7-1-4-11(16)19/h10H,1-9,14H2,(H,15,20). The van der Waals surface area contributed by atoms with E-state index in [0.717, 1.165) is 17.9 Å². The summed E-state index contributed by atoms with van der Waals surface area (Å²) in [5.41, 5.74) is 5.29. The quantitative estimate of drug-likeness (QED) is 0.320. The molecular weight excluding hydrogens is 276 g/mol. The maximum atomic E-state index is 11.7. The summed E-state index contributed by atoms with van der Waals surface area (Å²) in [5, 5.41) is 2.45. The fraction of sp³-hybridized carbons (Fsp3) is 0.692. The highest BCUT2D eigenvalue weighted by molar-refractivity contribution is 6.36. The van der Waals surface area contributed by atoms with Gasteiger partial charge in [-0.1, -0.05) is 0 Å². The van der Waals surface area contributed by atoms with Gasteiger partial charge in [-0.3, -0.25) is 24.1 Å². The molecule has 1 heterocycles. The molecule has 1 aliphatic rings. The Balaban J connectivity index is 2.24. The minimum atomic E-state index is -0.879. The molecule has 0 spiro atoms. The van der Waals surface area contributed by atoms with Crippen molar-refractivity contribution in [3.63, 3.8) is 0 Å². The second-order valence-corrected chi connectivity index (χ2v) is 4.84. The number of carbonyl (C=O) groups excluding carboxylic acids is 4. The molecular formula is C13H22N4O4. The Morgan fingerprint density at radius 3 is 2.71 bits per heavy atom. The molecule has 1 rings (SSSR count). The summed E-state index contributed by atoms with van der Waals surface area (Å²) in [5.74, 6) is -1.56. The van der Waals surface area contributed by atoms with Crippen LogP contribution in [-0.4, -0.2) is 66.7 Å². The number of nitrogens with zero attached hydrogens (tertiary/aromatic N) is 2. The van der Waals surface area contributed by atoms with Crippen LogP contribution in [0.15, 0.2) is 0 Å². The lowest BCUT2D eigenvalue weighted by Crippen LogP contribution is -2.43. The summed E-state index contributed by atoms with van der Waals surface area (Å²) in [4.78, 5) is 47.9. The monoisotopic (exact) mass is 298 g/mol. The van der Waals surface area contributed by atoms with Crippen LogP contribution in [0.5, 0.6) is 0 Å². The average molecular weight is 298 g/mol. The van der Waals surface area contributed by atoms with Crippen molar-refractivity contribution in [1.82, 2.24) is 15.1 Å². The molecule has 8 heteroatoms. The Morgan fingerprint density at radius 2 is 2.14 bits per heavy atom. The molecule has 1 saturated heterocycles. The molecule has 1 fully saturated rings. The van der Waals surface area contributed by atoms with Gasteiger partial charge >= 0.3 is 11.8 Å². The molecule has 0 bridgehead atoms. The molecule has 3 N–H and O–H groups in total. The van der Waals surface area contributed by atoms with Crippen molar-refractivity contribution >= 4 is 24.1 Å². The molecule has 0 radical (unpaired) electrons. The van der Waals surface area contributed by atoms with Crippen molar-refractivity contribution in [3.8, 4) is 0 Å². The molecule has 118 valence electrons. The highest BCUT2D eigenvalue weighted by Gasteiger charge is 2.21. The molecule has 1 aliphatic heterocycles. The zero-order valence-electron chi connectivity index (χ0n) is 12.0. The summed E-state index contributed by atoms with van der Waals surface area (Å²) in [6, 6.07) is 0. The fourth-order valence-corrected chi connectivity index (χ4v) is 2.08. The highest BCUT2D eigenvalue weighted by atomic mass is 16.2. The van der Waals surface area contributed by atoms with E-state index in [1.54, 1.807) is 4.90 Å². The minimum Gasteiger partial charge on any atom is -0.348 e. The second-order valence-electron chi connectivity index (χ2n) is 4.84. The summed E-state index contributed by atoms with van der Waals surface area (Å²) in [7, 11) is 0. The minimum absolute atomic E-state index is 0.131. The number of amides is 4. The number of rotatable bonds is 8. The van der Waals surface area contributed by atoms with E-state index in [0.29, 0.717) is 38.8 Å². The Morgan fingerprint density at radius 1 is 1.38 bits per heavy atom. The Hall–Kier alpha value is -1.96. The van der Waals surface area contributed by atoms with E-state index in [9.17, 15) is 19.2 Å². The lowest BCUT2D eigenvalue weighted by atomic mass is 10.3. The van der Waals surface area contributed by atoms with Gasteiger partial charge in [-0.05, 0) is 25.8 Å². The predicted molar refractivity (Wildman–Crippen MR) is 74.9 cm³/mol. The van der Waals surface area contributed by atoms with Crippen molar-refractivity contribution in [2.75, 3.05) is 32.7 Å². The topological polar surface area (TPSA) is 113 Å². The van der Waals surface area contributed by atoms with Crippen molar-refractivity contribution in [2.45, 2.75) is 25.7 Å². The normalized spacial score (nSPS) is 14.1. The summed E-state index contributed by atoms with van der Waals surface area (Å²) in [6.45, 7) is 2.08. The number of nitrogens with one attached hydrogen (secondary N) is 1. The first-order chi connectivity index (χ1) is 10.1. The van der Waals surface area contributed by atoms with Crippen LogP contribution in [0.1, 0.15) is 25.7 Å². The van der Waals surface area contributed by atoms with Gasteiger partial charge in [0.2, 0.25) is 12.3 Å². The van der Waals surface area contributed by atoms with Crippen LogP contribution in [-0.2, 0) is 19.2 Å². The average Bonchev–Trinajstić information content (AvgIpc) is 2.89. The first-order valence-corrected chi connectivity index (χ1v) is 7.12. The van der Waals surface area contributed by atoms with Crippen molar-refractivity contribution < 1.29 is 19.2 Å². The molecule has 0 unspecified atom stereocenters. The van der Waals surface area contributed by atoms with Crippen molar-refractivity contribution in [1.29, 1.82) is 0 Å². The maximum Gasteiger partial charge on any atom is 0.318 e. The van der Waals surface area contributed by atoms with E-state index in [-0.39, 0.29) is 19.0 Å². The number of hydrogen-bond donors (Lipinski definition) is 2. The van der Waals surface area contributed by atoms with Gasteiger partial charge in [0.1, 0.15) is 0 Å². The van der Waals surface area contributed by atoms with E-state index in [4.69, 9.17) is 5.73 Å². The predicted octanol–water partition coefficient (Wildman–Crippen LogP) is -1.55. The van der Waals surface area contributed by atoms with Crippen molar-refractivity contribution in [3.05, 3.63) is 0 Å². The van der Waals surface area contributed by atoms with Gasteiger partial charge in [-0.15, -0.1) is 0 Å². The third kappa shape index (κ3) is 5.50. The Labute approximate surface area is 123 Å². The van der Waals surface area contributed by atoms with Crippen LogP contribution in [0.2, 0.25) is 0 Å². The Kier molecular flexibility index (Phi) is 7.38. The maximum absolute atomic E-state index is 11.7. The molecule has 0 atom stereocenters. The van der Waals surface area contributed by atoms with Crippen LogP contribution < -0.4 is 11.1 Å². The number of imide groups is 1. The molecule has 21 heavy (non-hydrogen) atoms. The number of carbonyl (C=O) groups is 4. The summed E-state index contributed by atoms with van der Waals surface area (Å²) < 4.78 is 0. The zero-order valence-corrected chi connectivity index (χ0v) is 12.0. The molecule has 0 aromatic carbocycles. The third-order valence-corrected chi connectivity index (χ3v) is 3.25. The van der Waals surface area contributed by atoms with Gasteiger partial charge in [0.25, 0.3) is 0 Å². The summed E-state index contributed by atoms with van der Waals surface area (Å²) >= 11 is 0. The molecule has 0 aromatic heterocycles. The van der Waals surface area contributed by atoms with Crippen LogP contribution in [0, 0.1) is 0 Å². The summed E-state index contributed by atoms with van der Waals surface area (Å²) in [6.07, 6.45) is 2.82. The highest BCUT2D eigenvalue weighted by Crippen LogP contribution is 2.09. The first-order valence-electron chi connectivity index (χ1n) is 7.12. The number of likely N-dealkylation sites (tertiary alicyclic amines) is 1. The van der Waals surface area contributed by atoms with Gasteiger partial charge in [0, 0.05) is 32.6 Å². The zero-order chi connectivity index (χ0) is 15.7. The van der Waals surface area contributed by atoms with E-state index in [2.05, 4.69) is 5.32 Å². The molecule has 0 saturated carbocycles. The fourth-order valence-electron chi connectivity index (χ4n) is 2.08. The van der Waals surface area contributed by atoms with Crippen LogP contribution in [0.4, 0.5) is 0 Å². The van der Waals surface area contributed by atoms with Crippen LogP contribution in [0.25, 0.3) is 0 Å². The van der Waals surface area contributed by atoms with E-state index < -0.39 is 11.8 Å². The van der Waals surface area contributed by atoms with Gasteiger partial charge < -0.3 is 16.0 Å². The molecule has 0 aliphatic carbocycles. The molecule has 0 aromatic rings. The van der Waals surface area contributed by atoms with Gasteiger partial charge in [-0.2, -0.15) is 0 Å². The largest absolute Gasteiger partial charge is 0.348 e. The van der Waals surface area contributed by atoms with Gasteiger partial charge in [0.05, 0.1) is 0 Å². The van der Waals surface area contributed by atoms with Gasteiger partial charge in [0.15, 0.2) is 0 Å². The second kappa shape index (κ2) is 9.06. The van der Waals surface area contributed by atoms with Gasteiger partial charge in [-0.25, -0.2) is 0 Å². The number of hydrogen-bond acceptors (Lipinski definition) is 5. The lowest BCUT2D eigenvalue weighted by Gasteiger charge is -2.16. The molecule has 4 amide bonds. The van der Waals surface area contributed by atoms with Crippen molar-refractivity contribution in [2.24, 2.45) is 5.73 Å². The smallest absolute Gasteiger partial charge is 0.318 e. The van der Waals surface area contributed by atoms with Crippen LogP contribution in [0.3, 0.4) is 0 Å². The van der Waals surface area contributed by atoms with E-state index >= 15 is 0 Å². The SMILES string of the molecule is NCCCN(C=O)C(=O)C(=O)NCCCN1CCCC1=O. The molecule has 8 nitrogen and oxygen atoms in total. The Bertz CT molecular complexity index is 400. The van der Waals surface area contributed by atoms with E-state index in [1.807, 2.05) is 0 Å². The first kappa shape index (κ1) is 17.1.